The standard InChI is InChI=1S/C32H46N4O3/c1-7-23-21-24(14-15-29(23)39-6)27(13-10-16-33-31(38)32(3,4)5)36-22-26-25(30(36)37)11-9-12-28(26)35-19-17-34(8-2)18-20-35/h9,11-12,14-15,21,27H,7-8,10,13,16-20,22H2,1-6H3,(H,33,38)/t27-/m1/s1. The number of nitrogens with one attached hydrogen (secondary N) is 1. The molecule has 2 aliphatic rings. The highest BCUT2D eigenvalue weighted by Gasteiger charge is 2.36. The predicted octanol–water partition coefficient (Wildman–Crippen LogP) is 5.04. The summed E-state index contributed by atoms with van der Waals surface area (Å²) in [6.07, 6.45) is 2.41. The van der Waals surface area contributed by atoms with Crippen LogP contribution in [0, 0.1) is 5.41 Å². The number of hydrogen-bond acceptors (Lipinski definition) is 5. The molecule has 39 heavy (non-hydrogen) atoms. The van der Waals surface area contributed by atoms with Crippen LogP contribution in [0.25, 0.3) is 0 Å². The number of nitrogens with zero attached hydrogens (tertiary/aromatic N) is 3. The van der Waals surface area contributed by atoms with E-state index in [0.29, 0.717) is 13.1 Å². The minimum atomic E-state index is -0.420. The average molecular weight is 535 g/mol. The van der Waals surface area contributed by atoms with Gasteiger partial charge in [-0.15, -0.1) is 0 Å². The Balaban J connectivity index is 1.59. The number of ether oxygens (including phenoxy) is 1. The molecule has 1 atom stereocenters. The molecule has 7 nitrogen and oxygen atoms in total. The van der Waals surface area contributed by atoms with Crippen LogP contribution in [0.4, 0.5) is 5.69 Å². The van der Waals surface area contributed by atoms with Gasteiger partial charge in [0.15, 0.2) is 0 Å². The number of likely N-dealkylation sites (N-methyl/N-ethyl adjacent to an activating group) is 1. The highest BCUT2D eigenvalue weighted by Crippen LogP contribution is 2.39. The van der Waals surface area contributed by atoms with Gasteiger partial charge in [0.25, 0.3) is 5.91 Å². The van der Waals surface area contributed by atoms with Gasteiger partial charge in [-0.25, -0.2) is 0 Å². The molecule has 2 aliphatic heterocycles. The molecule has 1 saturated heterocycles. The maximum Gasteiger partial charge on any atom is 0.255 e. The summed E-state index contributed by atoms with van der Waals surface area (Å²) in [4.78, 5) is 33.3. The minimum absolute atomic E-state index is 0.0502. The number of carbonyl (C=O) groups is 2. The van der Waals surface area contributed by atoms with Gasteiger partial charge >= 0.3 is 0 Å². The molecule has 212 valence electrons. The lowest BCUT2D eigenvalue weighted by Gasteiger charge is -2.36. The number of carbonyl (C=O) groups excluding carboxylic acids is 2. The van der Waals surface area contributed by atoms with Crippen LogP contribution in [0.5, 0.6) is 5.75 Å². The van der Waals surface area contributed by atoms with E-state index in [4.69, 9.17) is 4.74 Å². The van der Waals surface area contributed by atoms with Crippen molar-refractivity contribution in [3.63, 3.8) is 0 Å². The van der Waals surface area contributed by atoms with Crippen LogP contribution >= 0.6 is 0 Å². The van der Waals surface area contributed by atoms with E-state index >= 15 is 0 Å². The number of piperazine rings is 1. The van der Waals surface area contributed by atoms with E-state index in [1.54, 1.807) is 7.11 Å². The lowest BCUT2D eigenvalue weighted by Crippen LogP contribution is -2.46. The second-order valence-corrected chi connectivity index (χ2v) is 11.7. The molecule has 0 unspecified atom stereocenters. The summed E-state index contributed by atoms with van der Waals surface area (Å²) in [6, 6.07) is 12.4. The van der Waals surface area contributed by atoms with Crippen LogP contribution < -0.4 is 15.0 Å². The predicted molar refractivity (Wildman–Crippen MR) is 157 cm³/mol. The van der Waals surface area contributed by atoms with E-state index in [-0.39, 0.29) is 17.9 Å². The molecule has 1 N–H and O–H groups in total. The Bertz CT molecular complexity index is 1160. The van der Waals surface area contributed by atoms with E-state index in [1.807, 2.05) is 43.9 Å². The van der Waals surface area contributed by atoms with Crippen molar-refractivity contribution in [2.75, 3.05) is 51.3 Å². The SMILES string of the molecule is CCc1cc([C@@H](CCCNC(=O)C(C)(C)C)N2Cc3c(cccc3N3CCN(CC)CC3)C2=O)ccc1OC. The molecule has 2 amide bonds. The fourth-order valence-electron chi connectivity index (χ4n) is 5.74. The fraction of sp³-hybridized carbons (Fsp3) is 0.562. The number of aryl methyl sites for hydroxylation is 1. The quantitative estimate of drug-likeness (QED) is 0.433. The van der Waals surface area contributed by atoms with Crippen LogP contribution in [0.3, 0.4) is 0 Å². The molecule has 4 rings (SSSR count). The molecule has 2 aromatic rings. The van der Waals surface area contributed by atoms with Crippen molar-refractivity contribution < 1.29 is 14.3 Å². The van der Waals surface area contributed by atoms with E-state index in [2.05, 4.69) is 47.2 Å². The van der Waals surface area contributed by atoms with Crippen LogP contribution in [0.2, 0.25) is 0 Å². The lowest BCUT2D eigenvalue weighted by molar-refractivity contribution is -0.128. The zero-order chi connectivity index (χ0) is 28.2. The first-order valence-corrected chi connectivity index (χ1v) is 14.5. The molecule has 0 aliphatic carbocycles. The molecule has 0 spiro atoms. The normalized spacial score (nSPS) is 16.8. The average Bonchev–Trinajstić information content (AvgIpc) is 3.28. The summed E-state index contributed by atoms with van der Waals surface area (Å²) in [6.45, 7) is 16.4. The van der Waals surface area contributed by atoms with Gasteiger partial charge in [-0.1, -0.05) is 52.8 Å². The third kappa shape index (κ3) is 6.40. The minimum Gasteiger partial charge on any atom is -0.496 e. The molecular weight excluding hydrogens is 488 g/mol. The van der Waals surface area contributed by atoms with Crippen molar-refractivity contribution in [3.05, 3.63) is 58.7 Å². The molecule has 1 fully saturated rings. The zero-order valence-electron chi connectivity index (χ0n) is 24.7. The highest BCUT2D eigenvalue weighted by molar-refractivity contribution is 6.00. The number of methoxy groups -OCH3 is 1. The summed E-state index contributed by atoms with van der Waals surface area (Å²) >= 11 is 0. The number of anilines is 1. The Kier molecular flexibility index (Phi) is 9.21. The van der Waals surface area contributed by atoms with Crippen LogP contribution in [-0.2, 0) is 17.8 Å². The summed E-state index contributed by atoms with van der Waals surface area (Å²) in [5, 5.41) is 3.08. The maximum absolute atomic E-state index is 13.9. The molecule has 2 aromatic carbocycles. The number of rotatable bonds is 10. The summed E-state index contributed by atoms with van der Waals surface area (Å²) in [7, 11) is 1.70. The second-order valence-electron chi connectivity index (χ2n) is 11.7. The van der Waals surface area contributed by atoms with Crippen molar-refractivity contribution in [2.24, 2.45) is 5.41 Å². The summed E-state index contributed by atoms with van der Waals surface area (Å²) in [5.74, 6) is 1.02. The first kappa shape index (κ1) is 28.9. The number of amides is 2. The zero-order valence-corrected chi connectivity index (χ0v) is 24.7. The van der Waals surface area contributed by atoms with Gasteiger partial charge in [-0.05, 0) is 55.1 Å². The molecular formula is C32H46N4O3. The molecule has 0 radical (unpaired) electrons. The maximum atomic E-state index is 13.9. The van der Waals surface area contributed by atoms with Crippen molar-refractivity contribution in [1.82, 2.24) is 15.1 Å². The Morgan fingerprint density at radius 1 is 1.08 bits per heavy atom. The number of benzene rings is 2. The smallest absolute Gasteiger partial charge is 0.255 e. The Hall–Kier alpha value is -3.06. The van der Waals surface area contributed by atoms with Crippen molar-refractivity contribution in [3.8, 4) is 5.75 Å². The molecule has 0 saturated carbocycles. The van der Waals surface area contributed by atoms with Gasteiger partial charge in [-0.2, -0.15) is 0 Å². The molecule has 2 heterocycles. The van der Waals surface area contributed by atoms with E-state index in [9.17, 15) is 9.59 Å². The van der Waals surface area contributed by atoms with Gasteiger partial charge < -0.3 is 24.8 Å². The number of fused-ring (bicyclic) bond motifs is 1. The lowest BCUT2D eigenvalue weighted by atomic mass is 9.95. The third-order valence-corrected chi connectivity index (χ3v) is 8.20. The van der Waals surface area contributed by atoms with Crippen LogP contribution in [0.1, 0.15) is 80.6 Å². The van der Waals surface area contributed by atoms with E-state index < -0.39 is 5.41 Å². The highest BCUT2D eigenvalue weighted by atomic mass is 16.5. The Morgan fingerprint density at radius 2 is 1.82 bits per heavy atom. The Morgan fingerprint density at radius 3 is 2.46 bits per heavy atom. The fourth-order valence-corrected chi connectivity index (χ4v) is 5.74. The Labute approximate surface area is 234 Å². The van der Waals surface area contributed by atoms with Crippen LogP contribution in [0.15, 0.2) is 36.4 Å². The first-order valence-electron chi connectivity index (χ1n) is 14.5. The monoisotopic (exact) mass is 534 g/mol. The van der Waals surface area contributed by atoms with Gasteiger partial charge in [-0.3, -0.25) is 9.59 Å². The van der Waals surface area contributed by atoms with Gasteiger partial charge in [0.05, 0.1) is 13.2 Å². The van der Waals surface area contributed by atoms with E-state index in [0.717, 1.165) is 80.0 Å². The largest absolute Gasteiger partial charge is 0.496 e. The first-order chi connectivity index (χ1) is 18.7. The summed E-state index contributed by atoms with van der Waals surface area (Å²) < 4.78 is 5.59. The second kappa shape index (κ2) is 12.4. The molecule has 0 aromatic heterocycles. The van der Waals surface area contributed by atoms with Gasteiger partial charge in [0.2, 0.25) is 5.91 Å². The third-order valence-electron chi connectivity index (χ3n) is 8.20. The van der Waals surface area contributed by atoms with E-state index in [1.165, 1.54) is 5.69 Å². The molecule has 0 bridgehead atoms. The van der Waals surface area contributed by atoms with Gasteiger partial charge in [0, 0.05) is 61.5 Å². The van der Waals surface area contributed by atoms with Gasteiger partial charge in [0.1, 0.15) is 5.75 Å². The van der Waals surface area contributed by atoms with Crippen molar-refractivity contribution in [1.29, 1.82) is 0 Å². The van der Waals surface area contributed by atoms with Crippen molar-refractivity contribution >= 4 is 17.5 Å². The number of hydrogen-bond donors (Lipinski definition) is 1. The summed E-state index contributed by atoms with van der Waals surface area (Å²) in [5.41, 5.74) is 4.99. The van der Waals surface area contributed by atoms with Crippen molar-refractivity contribution in [2.45, 2.75) is 66.5 Å². The molecule has 7 heteroatoms. The topological polar surface area (TPSA) is 65.1 Å². The van der Waals surface area contributed by atoms with Crippen LogP contribution in [-0.4, -0.2) is 68.0 Å².